The first-order valence-electron chi connectivity index (χ1n) is 7.84. The molecule has 0 aliphatic carbocycles. The Balaban J connectivity index is 1.84. The molecule has 2 rings (SSSR count). The zero-order valence-electron chi connectivity index (χ0n) is 12.7. The number of amides is 2. The number of hydrogen-bond acceptors (Lipinski definition) is 1. The Labute approximate surface area is 122 Å². The molecule has 1 heterocycles. The highest BCUT2D eigenvalue weighted by atomic mass is 16.2. The average Bonchev–Trinajstić information content (AvgIpc) is 2.47. The highest BCUT2D eigenvalue weighted by Gasteiger charge is 2.19. The third kappa shape index (κ3) is 4.26. The summed E-state index contributed by atoms with van der Waals surface area (Å²) in [5.41, 5.74) is 2.24. The number of aryl methyl sites for hydroxylation is 1. The Morgan fingerprint density at radius 3 is 2.50 bits per heavy atom. The van der Waals surface area contributed by atoms with Crippen LogP contribution in [0.5, 0.6) is 0 Å². The van der Waals surface area contributed by atoms with Gasteiger partial charge < -0.3 is 10.2 Å². The van der Waals surface area contributed by atoms with E-state index in [1.54, 1.807) is 0 Å². The van der Waals surface area contributed by atoms with Crippen LogP contribution in [0.25, 0.3) is 0 Å². The normalized spacial score (nSPS) is 16.2. The molecule has 3 heteroatoms. The molecule has 0 atom stereocenters. The van der Waals surface area contributed by atoms with Gasteiger partial charge in [-0.1, -0.05) is 32.4 Å². The van der Waals surface area contributed by atoms with E-state index in [9.17, 15) is 4.79 Å². The van der Waals surface area contributed by atoms with Crippen molar-refractivity contribution in [3.63, 3.8) is 0 Å². The summed E-state index contributed by atoms with van der Waals surface area (Å²) in [5, 5.41) is 3.00. The van der Waals surface area contributed by atoms with Crippen molar-refractivity contribution in [3.05, 3.63) is 29.8 Å². The molecule has 0 aromatic heterocycles. The number of unbranched alkanes of at least 4 members (excludes halogenated alkanes) is 1. The Morgan fingerprint density at radius 1 is 1.25 bits per heavy atom. The SMILES string of the molecule is CCCCc1ccc(NC(=O)N2CCC(C)CC2)cc1. The Kier molecular flexibility index (Phi) is 5.45. The van der Waals surface area contributed by atoms with Crippen molar-refractivity contribution in [2.45, 2.75) is 46.0 Å². The van der Waals surface area contributed by atoms with Crippen LogP contribution < -0.4 is 5.32 Å². The molecule has 3 nitrogen and oxygen atoms in total. The standard InChI is InChI=1S/C17H26N2O/c1-3-4-5-15-6-8-16(9-7-15)18-17(20)19-12-10-14(2)11-13-19/h6-9,14H,3-5,10-13H2,1-2H3,(H,18,20). The minimum atomic E-state index is 0.0400. The largest absolute Gasteiger partial charge is 0.325 e. The average molecular weight is 274 g/mol. The van der Waals surface area contributed by atoms with E-state index in [0.717, 1.165) is 44.0 Å². The van der Waals surface area contributed by atoms with Gasteiger partial charge in [0.25, 0.3) is 0 Å². The minimum absolute atomic E-state index is 0.0400. The van der Waals surface area contributed by atoms with Crippen molar-refractivity contribution < 1.29 is 4.79 Å². The first-order chi connectivity index (χ1) is 9.69. The molecular formula is C17H26N2O. The number of carbonyl (C=O) groups excluding carboxylic acids is 1. The lowest BCUT2D eigenvalue weighted by Gasteiger charge is -2.30. The fourth-order valence-electron chi connectivity index (χ4n) is 2.55. The summed E-state index contributed by atoms with van der Waals surface area (Å²) in [4.78, 5) is 14.1. The summed E-state index contributed by atoms with van der Waals surface area (Å²) >= 11 is 0. The Hall–Kier alpha value is -1.51. The quantitative estimate of drug-likeness (QED) is 0.872. The van der Waals surface area contributed by atoms with Gasteiger partial charge in [0.2, 0.25) is 0 Å². The lowest BCUT2D eigenvalue weighted by Crippen LogP contribution is -2.40. The molecule has 2 amide bonds. The van der Waals surface area contributed by atoms with Crippen LogP contribution >= 0.6 is 0 Å². The highest BCUT2D eigenvalue weighted by Crippen LogP contribution is 2.18. The number of likely N-dealkylation sites (tertiary alicyclic amines) is 1. The number of urea groups is 1. The van der Waals surface area contributed by atoms with Gasteiger partial charge in [0, 0.05) is 18.8 Å². The second-order valence-corrected chi connectivity index (χ2v) is 5.90. The molecule has 1 saturated heterocycles. The van der Waals surface area contributed by atoms with Gasteiger partial charge in [-0.2, -0.15) is 0 Å². The molecular weight excluding hydrogens is 248 g/mol. The summed E-state index contributed by atoms with van der Waals surface area (Å²) in [6.45, 7) is 6.21. The lowest BCUT2D eigenvalue weighted by atomic mass is 10.00. The molecule has 1 aromatic carbocycles. The number of rotatable bonds is 4. The maximum atomic E-state index is 12.1. The minimum Gasteiger partial charge on any atom is -0.325 e. The second-order valence-electron chi connectivity index (χ2n) is 5.90. The summed E-state index contributed by atoms with van der Waals surface area (Å²) in [5.74, 6) is 0.747. The van der Waals surface area contributed by atoms with E-state index in [4.69, 9.17) is 0 Å². The summed E-state index contributed by atoms with van der Waals surface area (Å²) in [6, 6.07) is 8.29. The zero-order chi connectivity index (χ0) is 14.4. The van der Waals surface area contributed by atoms with Gasteiger partial charge in [-0.3, -0.25) is 0 Å². The van der Waals surface area contributed by atoms with Gasteiger partial charge >= 0.3 is 6.03 Å². The van der Waals surface area contributed by atoms with E-state index in [0.29, 0.717) is 0 Å². The van der Waals surface area contributed by atoms with Gasteiger partial charge in [-0.15, -0.1) is 0 Å². The molecule has 0 bridgehead atoms. The molecule has 0 unspecified atom stereocenters. The predicted molar refractivity (Wildman–Crippen MR) is 84.0 cm³/mol. The Morgan fingerprint density at radius 2 is 1.90 bits per heavy atom. The molecule has 0 spiro atoms. The lowest BCUT2D eigenvalue weighted by molar-refractivity contribution is 0.186. The van der Waals surface area contributed by atoms with E-state index >= 15 is 0 Å². The molecule has 20 heavy (non-hydrogen) atoms. The molecule has 1 aliphatic heterocycles. The third-order valence-corrected chi connectivity index (χ3v) is 4.10. The second kappa shape index (κ2) is 7.32. The molecule has 1 N–H and O–H groups in total. The first-order valence-corrected chi connectivity index (χ1v) is 7.84. The maximum Gasteiger partial charge on any atom is 0.321 e. The molecule has 1 aromatic rings. The molecule has 0 radical (unpaired) electrons. The van der Waals surface area contributed by atoms with Crippen LogP contribution in [-0.4, -0.2) is 24.0 Å². The number of hydrogen-bond donors (Lipinski definition) is 1. The van der Waals surface area contributed by atoms with Crippen LogP contribution in [-0.2, 0) is 6.42 Å². The van der Waals surface area contributed by atoms with E-state index < -0.39 is 0 Å². The van der Waals surface area contributed by atoms with E-state index in [1.807, 2.05) is 17.0 Å². The van der Waals surface area contributed by atoms with Gasteiger partial charge in [0.15, 0.2) is 0 Å². The van der Waals surface area contributed by atoms with Crippen LogP contribution in [0.1, 0.15) is 45.1 Å². The fraction of sp³-hybridized carbons (Fsp3) is 0.588. The topological polar surface area (TPSA) is 32.3 Å². The summed E-state index contributed by atoms with van der Waals surface area (Å²) in [7, 11) is 0. The predicted octanol–water partition coefficient (Wildman–Crippen LogP) is 4.29. The number of nitrogens with one attached hydrogen (secondary N) is 1. The first kappa shape index (κ1) is 14.9. The van der Waals surface area contributed by atoms with Crippen LogP contribution in [0.3, 0.4) is 0 Å². The number of anilines is 1. The molecule has 1 fully saturated rings. The van der Waals surface area contributed by atoms with E-state index in [2.05, 4.69) is 31.3 Å². The van der Waals surface area contributed by atoms with Gasteiger partial charge in [-0.05, 0) is 49.3 Å². The third-order valence-electron chi connectivity index (χ3n) is 4.10. The zero-order valence-corrected chi connectivity index (χ0v) is 12.7. The van der Waals surface area contributed by atoms with Gasteiger partial charge in [-0.25, -0.2) is 4.79 Å². The van der Waals surface area contributed by atoms with E-state index in [1.165, 1.54) is 18.4 Å². The van der Waals surface area contributed by atoms with Crippen molar-refractivity contribution in [1.82, 2.24) is 4.90 Å². The molecule has 0 saturated carbocycles. The number of benzene rings is 1. The highest BCUT2D eigenvalue weighted by molar-refractivity contribution is 5.89. The Bertz CT molecular complexity index is 419. The summed E-state index contributed by atoms with van der Waals surface area (Å²) in [6.07, 6.45) is 5.78. The fourth-order valence-corrected chi connectivity index (χ4v) is 2.55. The maximum absolute atomic E-state index is 12.1. The monoisotopic (exact) mass is 274 g/mol. The number of nitrogens with zero attached hydrogens (tertiary/aromatic N) is 1. The van der Waals surface area contributed by atoms with Crippen molar-refractivity contribution in [1.29, 1.82) is 0 Å². The summed E-state index contributed by atoms with van der Waals surface area (Å²) < 4.78 is 0. The van der Waals surface area contributed by atoms with Crippen LogP contribution in [0.2, 0.25) is 0 Å². The van der Waals surface area contributed by atoms with Crippen LogP contribution in [0.15, 0.2) is 24.3 Å². The number of carbonyl (C=O) groups is 1. The van der Waals surface area contributed by atoms with Crippen LogP contribution in [0, 0.1) is 5.92 Å². The smallest absolute Gasteiger partial charge is 0.321 e. The van der Waals surface area contributed by atoms with E-state index in [-0.39, 0.29) is 6.03 Å². The van der Waals surface area contributed by atoms with Crippen molar-refractivity contribution in [2.75, 3.05) is 18.4 Å². The number of piperidine rings is 1. The molecule has 1 aliphatic rings. The van der Waals surface area contributed by atoms with Crippen molar-refractivity contribution in [3.8, 4) is 0 Å². The van der Waals surface area contributed by atoms with Gasteiger partial charge in [0.05, 0.1) is 0 Å². The van der Waals surface area contributed by atoms with Gasteiger partial charge in [0.1, 0.15) is 0 Å². The molecule has 110 valence electrons. The van der Waals surface area contributed by atoms with Crippen LogP contribution in [0.4, 0.5) is 10.5 Å². The van der Waals surface area contributed by atoms with Crippen molar-refractivity contribution in [2.24, 2.45) is 5.92 Å². The van der Waals surface area contributed by atoms with Crippen molar-refractivity contribution >= 4 is 11.7 Å².